The summed E-state index contributed by atoms with van der Waals surface area (Å²) >= 11 is 0. The molecular formula is C26H24N8O4. The largest absolute Gasteiger partial charge is 0.443 e. The quantitative estimate of drug-likeness (QED) is 0.385. The van der Waals surface area contributed by atoms with E-state index in [1.54, 1.807) is 40.8 Å². The van der Waals surface area contributed by atoms with Crippen LogP contribution in [0.4, 0.5) is 0 Å². The van der Waals surface area contributed by atoms with Crippen LogP contribution in [0.25, 0.3) is 27.9 Å². The number of carbonyl (C=O) groups excluding carboxylic acids is 2. The fourth-order valence-corrected chi connectivity index (χ4v) is 4.47. The molecular weight excluding hydrogens is 488 g/mol. The molecule has 3 aromatic heterocycles. The zero-order valence-electron chi connectivity index (χ0n) is 20.7. The molecule has 1 saturated heterocycles. The summed E-state index contributed by atoms with van der Waals surface area (Å²) in [5.41, 5.74) is 2.19. The molecule has 2 aliphatic heterocycles. The Hall–Kier alpha value is -5.00. The van der Waals surface area contributed by atoms with Crippen LogP contribution in [-0.4, -0.2) is 60.8 Å². The summed E-state index contributed by atoms with van der Waals surface area (Å²) in [4.78, 5) is 25.9. The van der Waals surface area contributed by atoms with E-state index >= 15 is 0 Å². The Labute approximate surface area is 216 Å². The summed E-state index contributed by atoms with van der Waals surface area (Å²) < 4.78 is 12.8. The first-order valence-electron chi connectivity index (χ1n) is 12.1. The lowest BCUT2D eigenvalue weighted by molar-refractivity contribution is -0.128. The standard InChI is InChI=1S/C26H24N8O4/c1-15-11-22(32-38-15)24-30-29-23-20-5-3-4-6-21(20)26(31-34(23)24)37-14-19-8-7-17(12-27-19)25(36)28-18-9-10-33(13-18)16(2)35/h3-8,11-12,14,18,27H,9-10,13H2,1-2H3,(H,28,36). The van der Waals surface area contributed by atoms with Gasteiger partial charge in [0.15, 0.2) is 11.3 Å². The Bertz CT molecular complexity index is 1660. The average molecular weight is 513 g/mol. The lowest BCUT2D eigenvalue weighted by Crippen LogP contribution is -2.39. The second kappa shape index (κ2) is 9.47. The molecule has 1 unspecified atom stereocenters. The van der Waals surface area contributed by atoms with Crippen molar-refractivity contribution in [2.75, 3.05) is 13.1 Å². The minimum Gasteiger partial charge on any atom is -0.443 e. The number of amides is 2. The van der Waals surface area contributed by atoms with Crippen molar-refractivity contribution in [3.05, 3.63) is 72.0 Å². The first-order valence-corrected chi connectivity index (χ1v) is 12.1. The maximum atomic E-state index is 12.7. The van der Waals surface area contributed by atoms with Gasteiger partial charge in [0, 0.05) is 49.1 Å². The SMILES string of the molecule is CC(=O)N1CCC(NC(=O)C2=CNC(=COc3nn4c(-c5cc(C)on5)nnc4c4ccccc34)C=C2)C1. The fraction of sp³-hybridized carbons (Fsp3) is 0.231. The number of nitrogens with zero attached hydrogens (tertiary/aromatic N) is 6. The van der Waals surface area contributed by atoms with Crippen LogP contribution < -0.4 is 15.4 Å². The van der Waals surface area contributed by atoms with Crippen molar-refractivity contribution >= 4 is 28.2 Å². The predicted octanol–water partition coefficient (Wildman–Crippen LogP) is 2.24. The van der Waals surface area contributed by atoms with Crippen LogP contribution in [0.1, 0.15) is 19.1 Å². The number of rotatable bonds is 5. The van der Waals surface area contributed by atoms with Gasteiger partial charge in [0.25, 0.3) is 5.91 Å². The van der Waals surface area contributed by atoms with Gasteiger partial charge in [0.2, 0.25) is 17.6 Å². The third-order valence-corrected chi connectivity index (χ3v) is 6.45. The van der Waals surface area contributed by atoms with Gasteiger partial charge >= 0.3 is 0 Å². The van der Waals surface area contributed by atoms with Gasteiger partial charge in [0.05, 0.1) is 11.3 Å². The van der Waals surface area contributed by atoms with E-state index in [2.05, 4.69) is 31.1 Å². The maximum Gasteiger partial charge on any atom is 0.253 e. The Morgan fingerprint density at radius 1 is 1.21 bits per heavy atom. The van der Waals surface area contributed by atoms with Crippen molar-refractivity contribution in [2.45, 2.75) is 26.3 Å². The van der Waals surface area contributed by atoms with Gasteiger partial charge in [-0.2, -0.15) is 4.52 Å². The number of aryl methyl sites for hydroxylation is 1. The zero-order chi connectivity index (χ0) is 26.2. The first-order chi connectivity index (χ1) is 18.5. The number of hydrogen-bond donors (Lipinski definition) is 2. The summed E-state index contributed by atoms with van der Waals surface area (Å²) in [6, 6.07) is 9.33. The highest BCUT2D eigenvalue weighted by atomic mass is 16.5. The van der Waals surface area contributed by atoms with Gasteiger partial charge in [-0.1, -0.05) is 23.4 Å². The zero-order valence-corrected chi connectivity index (χ0v) is 20.7. The minimum atomic E-state index is -0.203. The number of benzene rings is 1. The molecule has 0 bridgehead atoms. The van der Waals surface area contributed by atoms with E-state index in [0.29, 0.717) is 53.2 Å². The number of aromatic nitrogens is 5. The Morgan fingerprint density at radius 3 is 2.76 bits per heavy atom. The maximum absolute atomic E-state index is 12.7. The molecule has 0 spiro atoms. The number of nitrogens with one attached hydrogen (secondary N) is 2. The molecule has 1 aromatic carbocycles. The Balaban J connectivity index is 1.20. The molecule has 2 aliphatic rings. The van der Waals surface area contributed by atoms with E-state index in [-0.39, 0.29) is 17.9 Å². The average Bonchev–Trinajstić information content (AvgIpc) is 3.67. The number of fused-ring (bicyclic) bond motifs is 3. The Kier molecular flexibility index (Phi) is 5.83. The molecule has 192 valence electrons. The first kappa shape index (κ1) is 23.4. The van der Waals surface area contributed by atoms with Crippen LogP contribution in [0.3, 0.4) is 0 Å². The number of likely N-dealkylation sites (tertiary alicyclic amines) is 1. The molecule has 2 amide bonds. The van der Waals surface area contributed by atoms with Crippen molar-refractivity contribution in [3.63, 3.8) is 0 Å². The highest BCUT2D eigenvalue weighted by Crippen LogP contribution is 2.29. The molecule has 1 atom stereocenters. The summed E-state index contributed by atoms with van der Waals surface area (Å²) in [5, 5.41) is 24.9. The topological polar surface area (TPSA) is 140 Å². The normalized spacial score (nSPS) is 18.2. The van der Waals surface area contributed by atoms with E-state index in [4.69, 9.17) is 9.26 Å². The number of carbonyl (C=O) groups is 2. The van der Waals surface area contributed by atoms with Crippen LogP contribution in [0.2, 0.25) is 0 Å². The Morgan fingerprint density at radius 2 is 2.05 bits per heavy atom. The lowest BCUT2D eigenvalue weighted by Gasteiger charge is -2.16. The highest BCUT2D eigenvalue weighted by Gasteiger charge is 2.26. The smallest absolute Gasteiger partial charge is 0.253 e. The summed E-state index contributed by atoms with van der Waals surface area (Å²) in [6.07, 6.45) is 7.33. The van der Waals surface area contributed by atoms with E-state index in [1.807, 2.05) is 24.3 Å². The van der Waals surface area contributed by atoms with Crippen molar-refractivity contribution in [1.29, 1.82) is 0 Å². The molecule has 1 fully saturated rings. The molecule has 2 N–H and O–H groups in total. The second-order valence-corrected chi connectivity index (χ2v) is 9.13. The summed E-state index contributed by atoms with van der Waals surface area (Å²) in [7, 11) is 0. The van der Waals surface area contributed by atoms with Gasteiger partial charge in [-0.05, 0) is 31.6 Å². The van der Waals surface area contributed by atoms with Gasteiger partial charge in [-0.3, -0.25) is 9.59 Å². The van der Waals surface area contributed by atoms with Crippen molar-refractivity contribution in [3.8, 4) is 17.4 Å². The molecule has 12 heteroatoms. The van der Waals surface area contributed by atoms with E-state index in [1.165, 1.54) is 13.2 Å². The molecule has 6 rings (SSSR count). The third kappa shape index (κ3) is 4.36. The van der Waals surface area contributed by atoms with Crippen LogP contribution in [0, 0.1) is 6.92 Å². The van der Waals surface area contributed by atoms with Crippen LogP contribution >= 0.6 is 0 Å². The highest BCUT2D eigenvalue weighted by molar-refractivity contribution is 5.97. The molecule has 0 radical (unpaired) electrons. The van der Waals surface area contributed by atoms with Crippen LogP contribution in [0.15, 0.2) is 70.7 Å². The molecule has 0 aliphatic carbocycles. The minimum absolute atomic E-state index is 0.0187. The predicted molar refractivity (Wildman–Crippen MR) is 136 cm³/mol. The van der Waals surface area contributed by atoms with E-state index < -0.39 is 0 Å². The number of allylic oxidation sites excluding steroid dienone is 1. The van der Waals surface area contributed by atoms with E-state index in [0.717, 1.165) is 17.2 Å². The number of dihydropyridines is 1. The van der Waals surface area contributed by atoms with Gasteiger partial charge in [0.1, 0.15) is 12.0 Å². The fourth-order valence-electron chi connectivity index (χ4n) is 4.47. The second-order valence-electron chi connectivity index (χ2n) is 9.13. The van der Waals surface area contributed by atoms with Gasteiger partial charge in [-0.25, -0.2) is 0 Å². The summed E-state index contributed by atoms with van der Waals surface area (Å²) in [5.74, 6) is 1.25. The molecule has 0 saturated carbocycles. The van der Waals surface area contributed by atoms with Crippen LogP contribution in [-0.2, 0) is 9.59 Å². The molecule has 12 nitrogen and oxygen atoms in total. The summed E-state index contributed by atoms with van der Waals surface area (Å²) in [6.45, 7) is 4.52. The van der Waals surface area contributed by atoms with Gasteiger partial charge in [-0.15, -0.1) is 15.3 Å². The van der Waals surface area contributed by atoms with Crippen molar-refractivity contribution in [1.82, 2.24) is 40.5 Å². The number of ether oxygens (including phenoxy) is 1. The molecule has 5 heterocycles. The number of hydrogen-bond acceptors (Lipinski definition) is 9. The lowest BCUT2D eigenvalue weighted by atomic mass is 10.1. The van der Waals surface area contributed by atoms with E-state index in [9.17, 15) is 9.59 Å². The van der Waals surface area contributed by atoms with Crippen molar-refractivity contribution < 1.29 is 18.8 Å². The third-order valence-electron chi connectivity index (χ3n) is 6.45. The molecule has 4 aromatic rings. The van der Waals surface area contributed by atoms with Crippen molar-refractivity contribution in [2.24, 2.45) is 0 Å². The van der Waals surface area contributed by atoms with Crippen LogP contribution in [0.5, 0.6) is 5.88 Å². The van der Waals surface area contributed by atoms with Gasteiger partial charge < -0.3 is 24.8 Å². The monoisotopic (exact) mass is 512 g/mol. The molecule has 38 heavy (non-hydrogen) atoms.